The number of ether oxygens (including phenoxy) is 2. The van der Waals surface area contributed by atoms with Crippen LogP contribution in [-0.2, 0) is 34.0 Å². The predicted molar refractivity (Wildman–Crippen MR) is 119 cm³/mol. The molecule has 3 amide bonds. The van der Waals surface area contributed by atoms with Gasteiger partial charge in [-0.1, -0.05) is 24.3 Å². The lowest BCUT2D eigenvalue weighted by atomic mass is 10.0. The van der Waals surface area contributed by atoms with Crippen LogP contribution in [0.3, 0.4) is 0 Å². The first-order valence-corrected chi connectivity index (χ1v) is 10.8. The standard InChI is InChI=1S/C25H26FN3O5/c26-23-16(13-28-9-11-33-12-10-28)3-1-4-17(23)15-34-21-6-2-5-18-19(21)14-29(25(18)32)20-7-8-22(30)27-24(20)31/h1-6,20H,7-15H2,(H,27,30,31)/i7D2,8D2,15D2. The average Bonchev–Trinajstić information content (AvgIpc) is 3.21. The van der Waals surface area contributed by atoms with Gasteiger partial charge in [0.2, 0.25) is 11.8 Å². The Labute approximate surface area is 205 Å². The van der Waals surface area contributed by atoms with E-state index in [-0.39, 0.29) is 34.5 Å². The van der Waals surface area contributed by atoms with Crippen LogP contribution in [0.1, 0.15) is 48.0 Å². The van der Waals surface area contributed by atoms with Gasteiger partial charge in [0.1, 0.15) is 24.2 Å². The van der Waals surface area contributed by atoms with Crippen LogP contribution in [0.25, 0.3) is 0 Å². The van der Waals surface area contributed by atoms with E-state index in [9.17, 15) is 14.4 Å². The van der Waals surface area contributed by atoms with Crippen molar-refractivity contribution in [3.8, 4) is 5.75 Å². The molecule has 0 radical (unpaired) electrons. The summed E-state index contributed by atoms with van der Waals surface area (Å²) in [4.78, 5) is 40.6. The molecule has 178 valence electrons. The highest BCUT2D eigenvalue weighted by molar-refractivity contribution is 6.05. The quantitative estimate of drug-likeness (QED) is 0.646. The fourth-order valence-corrected chi connectivity index (χ4v) is 4.15. The minimum atomic E-state index is -3.11. The molecule has 2 aromatic carbocycles. The van der Waals surface area contributed by atoms with E-state index in [0.29, 0.717) is 26.3 Å². The van der Waals surface area contributed by atoms with Gasteiger partial charge in [0, 0.05) is 53.7 Å². The third kappa shape index (κ3) is 4.41. The number of benzene rings is 2. The van der Waals surface area contributed by atoms with Crippen LogP contribution in [0.4, 0.5) is 4.39 Å². The van der Waals surface area contributed by atoms with Crippen LogP contribution in [0.2, 0.25) is 0 Å². The second-order valence-electron chi connectivity index (χ2n) is 8.08. The number of piperidine rings is 1. The number of morpholine rings is 1. The van der Waals surface area contributed by atoms with Gasteiger partial charge < -0.3 is 14.4 Å². The number of carbonyl (C=O) groups excluding carboxylic acids is 3. The van der Waals surface area contributed by atoms with E-state index in [1.807, 2.05) is 4.90 Å². The molecule has 0 bridgehead atoms. The van der Waals surface area contributed by atoms with E-state index < -0.39 is 55.4 Å². The van der Waals surface area contributed by atoms with Crippen LogP contribution in [-0.4, -0.2) is 59.9 Å². The molecule has 1 atom stereocenters. The Morgan fingerprint density at radius 1 is 1.15 bits per heavy atom. The van der Waals surface area contributed by atoms with Crippen molar-refractivity contribution in [2.75, 3.05) is 26.3 Å². The summed E-state index contributed by atoms with van der Waals surface area (Å²) in [5.41, 5.74) is 0.0193. The summed E-state index contributed by atoms with van der Waals surface area (Å²) in [5, 5.41) is 1.78. The summed E-state index contributed by atoms with van der Waals surface area (Å²) < 4.78 is 75.8. The first kappa shape index (κ1) is 16.3. The molecule has 1 unspecified atom stereocenters. The number of imide groups is 1. The normalized spacial score (nSPS) is 26.9. The maximum atomic E-state index is 15.5. The highest BCUT2D eigenvalue weighted by Gasteiger charge is 2.40. The zero-order valence-electron chi connectivity index (χ0n) is 24.1. The second kappa shape index (κ2) is 9.52. The van der Waals surface area contributed by atoms with Gasteiger partial charge in [-0.2, -0.15) is 0 Å². The molecule has 0 aliphatic carbocycles. The van der Waals surface area contributed by atoms with Crippen molar-refractivity contribution < 1.29 is 36.5 Å². The van der Waals surface area contributed by atoms with Crippen LogP contribution in [0.5, 0.6) is 5.75 Å². The minimum absolute atomic E-state index is 0.0177. The Hall–Kier alpha value is -3.30. The van der Waals surface area contributed by atoms with Gasteiger partial charge in [-0.15, -0.1) is 0 Å². The largest absolute Gasteiger partial charge is 0.488 e. The van der Waals surface area contributed by atoms with Crippen molar-refractivity contribution in [2.24, 2.45) is 0 Å². The van der Waals surface area contributed by atoms with E-state index in [1.165, 1.54) is 30.3 Å². The molecule has 8 nitrogen and oxygen atoms in total. The molecule has 2 fully saturated rings. The third-order valence-corrected chi connectivity index (χ3v) is 5.92. The third-order valence-electron chi connectivity index (χ3n) is 5.92. The summed E-state index contributed by atoms with van der Waals surface area (Å²) in [6, 6.07) is 6.50. The molecule has 9 heteroatoms. The van der Waals surface area contributed by atoms with Gasteiger partial charge in [0.15, 0.2) is 0 Å². The van der Waals surface area contributed by atoms with E-state index in [4.69, 9.17) is 17.7 Å². The van der Waals surface area contributed by atoms with Gasteiger partial charge in [0.05, 0.1) is 22.5 Å². The van der Waals surface area contributed by atoms with Crippen molar-refractivity contribution in [1.29, 1.82) is 0 Å². The molecule has 0 spiro atoms. The van der Waals surface area contributed by atoms with E-state index in [2.05, 4.69) is 0 Å². The van der Waals surface area contributed by atoms with E-state index in [1.54, 1.807) is 11.4 Å². The van der Waals surface area contributed by atoms with E-state index >= 15 is 4.39 Å². The Morgan fingerprint density at radius 2 is 1.91 bits per heavy atom. The van der Waals surface area contributed by atoms with E-state index in [0.717, 1.165) is 4.90 Å². The summed E-state index contributed by atoms with van der Waals surface area (Å²) in [5.74, 6) is -4.36. The number of amides is 3. The van der Waals surface area contributed by atoms with Crippen LogP contribution in [0, 0.1) is 5.82 Å². The molecule has 3 heterocycles. The van der Waals surface area contributed by atoms with Gasteiger partial charge in [-0.3, -0.25) is 24.6 Å². The summed E-state index contributed by atoms with van der Waals surface area (Å²) in [6.45, 7) is -0.596. The lowest BCUT2D eigenvalue weighted by Gasteiger charge is -2.29. The Balaban J connectivity index is 1.42. The lowest BCUT2D eigenvalue weighted by molar-refractivity contribution is -0.136. The van der Waals surface area contributed by atoms with Crippen molar-refractivity contribution in [3.05, 3.63) is 64.5 Å². The molecular weight excluding hydrogens is 441 g/mol. The zero-order valence-corrected chi connectivity index (χ0v) is 18.1. The first-order chi connectivity index (χ1) is 18.8. The molecule has 3 aliphatic rings. The SMILES string of the molecule is [2H]C([2H])(Oc1cccc2c1CN(C1C(=O)NC(=O)C([2H])([2H])C1([2H])[2H])C2=O)c1cccc(CN2CCOCC2)c1F. The highest BCUT2D eigenvalue weighted by Crippen LogP contribution is 2.34. The molecule has 34 heavy (non-hydrogen) atoms. The number of nitrogens with zero attached hydrogens (tertiary/aromatic N) is 2. The predicted octanol–water partition coefficient (Wildman–Crippen LogP) is 2.00. The van der Waals surface area contributed by atoms with Crippen molar-refractivity contribution in [2.45, 2.75) is 38.4 Å². The zero-order chi connectivity index (χ0) is 29.0. The van der Waals surface area contributed by atoms with Gasteiger partial charge in [-0.25, -0.2) is 4.39 Å². The average molecular weight is 474 g/mol. The second-order valence-corrected chi connectivity index (χ2v) is 8.08. The monoisotopic (exact) mass is 473 g/mol. The Kier molecular flexibility index (Phi) is 4.58. The molecule has 2 aromatic rings. The Morgan fingerprint density at radius 3 is 2.74 bits per heavy atom. The number of halogens is 1. The highest BCUT2D eigenvalue weighted by atomic mass is 19.1. The molecule has 3 aliphatic heterocycles. The summed E-state index contributed by atoms with van der Waals surface area (Å²) in [6.07, 6.45) is -6.18. The van der Waals surface area contributed by atoms with Crippen molar-refractivity contribution in [3.63, 3.8) is 0 Å². The number of hydrogen-bond acceptors (Lipinski definition) is 6. The summed E-state index contributed by atoms with van der Waals surface area (Å²) in [7, 11) is 0. The Bertz CT molecular complexity index is 1380. The molecule has 0 aromatic heterocycles. The maximum Gasteiger partial charge on any atom is 0.255 e. The molecule has 1 N–H and O–H groups in total. The van der Waals surface area contributed by atoms with Crippen LogP contribution in [0.15, 0.2) is 36.4 Å². The smallest absolute Gasteiger partial charge is 0.255 e. The van der Waals surface area contributed by atoms with Gasteiger partial charge in [-0.05, 0) is 18.5 Å². The molecule has 5 rings (SSSR count). The first-order valence-electron chi connectivity index (χ1n) is 13.8. The molecule has 0 saturated carbocycles. The number of carbonyl (C=O) groups is 3. The lowest BCUT2D eigenvalue weighted by Crippen LogP contribution is -2.52. The fraction of sp³-hybridized carbons (Fsp3) is 0.400. The number of nitrogens with one attached hydrogen (secondary N) is 1. The summed E-state index contributed by atoms with van der Waals surface area (Å²) >= 11 is 0. The van der Waals surface area contributed by atoms with Crippen LogP contribution >= 0.6 is 0 Å². The van der Waals surface area contributed by atoms with Gasteiger partial charge in [0.25, 0.3) is 5.91 Å². The number of fused-ring (bicyclic) bond motifs is 1. The fourth-order valence-electron chi connectivity index (χ4n) is 4.15. The number of rotatable bonds is 6. The number of hydrogen-bond donors (Lipinski definition) is 1. The molecule has 2 saturated heterocycles. The minimum Gasteiger partial charge on any atom is -0.488 e. The van der Waals surface area contributed by atoms with Crippen molar-refractivity contribution >= 4 is 17.7 Å². The molecular formula is C25H26FN3O5. The topological polar surface area (TPSA) is 88.2 Å². The van der Waals surface area contributed by atoms with Gasteiger partial charge >= 0.3 is 0 Å². The van der Waals surface area contributed by atoms with Crippen LogP contribution < -0.4 is 10.1 Å². The maximum absolute atomic E-state index is 15.5. The van der Waals surface area contributed by atoms with Crippen molar-refractivity contribution in [1.82, 2.24) is 15.1 Å².